The summed E-state index contributed by atoms with van der Waals surface area (Å²) >= 11 is 0. The van der Waals surface area contributed by atoms with Gasteiger partial charge in [0, 0.05) is 19.7 Å². The number of likely N-dealkylation sites (tertiary alicyclic amines) is 1. The van der Waals surface area contributed by atoms with E-state index in [0.717, 1.165) is 12.5 Å². The molecule has 64 valence electrons. The fourth-order valence-corrected chi connectivity index (χ4v) is 2.08. The minimum atomic E-state index is 0.472. The second-order valence-corrected chi connectivity index (χ2v) is 3.86. The lowest BCUT2D eigenvalue weighted by atomic mass is 10.2. The number of hydrogen-bond donors (Lipinski definition) is 0. The Morgan fingerprint density at radius 2 is 2.27 bits per heavy atom. The Morgan fingerprint density at radius 3 is 2.82 bits per heavy atom. The fourth-order valence-electron chi connectivity index (χ4n) is 2.08. The van der Waals surface area contributed by atoms with Crippen LogP contribution in [0.25, 0.3) is 0 Å². The Balaban J connectivity index is 1.85. The summed E-state index contributed by atoms with van der Waals surface area (Å²) in [5.41, 5.74) is 0. The van der Waals surface area contributed by atoms with E-state index in [1.807, 2.05) is 0 Å². The summed E-state index contributed by atoms with van der Waals surface area (Å²) in [6.45, 7) is 5.82. The summed E-state index contributed by atoms with van der Waals surface area (Å²) < 4.78 is 5.61. The van der Waals surface area contributed by atoms with E-state index in [1.54, 1.807) is 0 Å². The van der Waals surface area contributed by atoms with Crippen molar-refractivity contribution < 1.29 is 4.74 Å². The van der Waals surface area contributed by atoms with Gasteiger partial charge in [0.1, 0.15) is 6.23 Å². The number of rotatable bonds is 1. The molecule has 0 spiro atoms. The van der Waals surface area contributed by atoms with E-state index >= 15 is 0 Å². The molecule has 2 nitrogen and oxygen atoms in total. The summed E-state index contributed by atoms with van der Waals surface area (Å²) in [6, 6.07) is 0. The summed E-state index contributed by atoms with van der Waals surface area (Å²) in [4.78, 5) is 2.50. The lowest BCUT2D eigenvalue weighted by molar-refractivity contribution is -0.00786. The second-order valence-electron chi connectivity index (χ2n) is 3.86. The lowest BCUT2D eigenvalue weighted by Gasteiger charge is -2.22. The van der Waals surface area contributed by atoms with Gasteiger partial charge < -0.3 is 4.74 Å². The highest BCUT2D eigenvalue weighted by atomic mass is 16.5. The van der Waals surface area contributed by atoms with Gasteiger partial charge in [0.25, 0.3) is 0 Å². The first-order valence-electron chi connectivity index (χ1n) is 4.72. The maximum Gasteiger partial charge on any atom is 0.110 e. The van der Waals surface area contributed by atoms with Crippen LogP contribution < -0.4 is 0 Å². The number of nitrogens with zero attached hydrogens (tertiary/aromatic N) is 1. The third kappa shape index (κ3) is 1.57. The van der Waals surface area contributed by atoms with Crippen molar-refractivity contribution in [2.45, 2.75) is 32.4 Å². The van der Waals surface area contributed by atoms with Crippen molar-refractivity contribution in [3.63, 3.8) is 0 Å². The van der Waals surface area contributed by atoms with Gasteiger partial charge in [-0.15, -0.1) is 0 Å². The molecule has 0 aromatic heterocycles. The molecule has 2 fully saturated rings. The highest BCUT2D eigenvalue weighted by molar-refractivity contribution is 4.76. The topological polar surface area (TPSA) is 12.5 Å². The van der Waals surface area contributed by atoms with Crippen LogP contribution in [0.2, 0.25) is 0 Å². The fraction of sp³-hybridized carbons (Fsp3) is 1.00. The van der Waals surface area contributed by atoms with Crippen molar-refractivity contribution in [2.24, 2.45) is 5.92 Å². The van der Waals surface area contributed by atoms with Crippen molar-refractivity contribution in [1.29, 1.82) is 0 Å². The predicted molar refractivity (Wildman–Crippen MR) is 44.3 cm³/mol. The van der Waals surface area contributed by atoms with Crippen molar-refractivity contribution in [1.82, 2.24) is 4.90 Å². The van der Waals surface area contributed by atoms with Gasteiger partial charge in [0.2, 0.25) is 0 Å². The third-order valence-corrected chi connectivity index (χ3v) is 2.77. The van der Waals surface area contributed by atoms with Gasteiger partial charge in [-0.05, 0) is 25.2 Å². The Morgan fingerprint density at radius 1 is 1.36 bits per heavy atom. The zero-order valence-corrected chi connectivity index (χ0v) is 7.25. The van der Waals surface area contributed by atoms with Crippen molar-refractivity contribution in [3.8, 4) is 0 Å². The smallest absolute Gasteiger partial charge is 0.110 e. The molecule has 2 atom stereocenters. The average Bonchev–Trinajstić information content (AvgIpc) is 2.55. The molecule has 0 saturated carbocycles. The van der Waals surface area contributed by atoms with Crippen LogP contribution in [0.15, 0.2) is 0 Å². The van der Waals surface area contributed by atoms with Crippen LogP contribution in [0.4, 0.5) is 0 Å². The van der Waals surface area contributed by atoms with E-state index in [-0.39, 0.29) is 0 Å². The van der Waals surface area contributed by atoms with Crippen LogP contribution in [0.1, 0.15) is 26.2 Å². The monoisotopic (exact) mass is 155 g/mol. The molecule has 2 heteroatoms. The Hall–Kier alpha value is -0.0800. The quantitative estimate of drug-likeness (QED) is 0.568. The number of hydrogen-bond acceptors (Lipinski definition) is 2. The van der Waals surface area contributed by atoms with Gasteiger partial charge in [0.15, 0.2) is 0 Å². The van der Waals surface area contributed by atoms with Crippen LogP contribution in [-0.4, -0.2) is 30.8 Å². The molecular weight excluding hydrogens is 138 g/mol. The van der Waals surface area contributed by atoms with Gasteiger partial charge in [-0.3, -0.25) is 4.90 Å². The summed E-state index contributed by atoms with van der Waals surface area (Å²) in [6.07, 6.45) is 4.35. The highest BCUT2D eigenvalue weighted by Crippen LogP contribution is 2.23. The molecule has 0 bridgehead atoms. The standard InChI is InChI=1S/C9H17NO/c1-8-4-5-10(7-8)9-3-2-6-11-9/h8-9H,2-7H2,1H3. The van der Waals surface area contributed by atoms with Gasteiger partial charge in [-0.1, -0.05) is 6.92 Å². The Kier molecular flexibility index (Phi) is 2.14. The third-order valence-electron chi connectivity index (χ3n) is 2.77. The molecule has 2 unspecified atom stereocenters. The first-order chi connectivity index (χ1) is 5.36. The van der Waals surface area contributed by atoms with Gasteiger partial charge in [-0.25, -0.2) is 0 Å². The SMILES string of the molecule is CC1CCN(C2CCCO2)C1. The molecule has 0 N–H and O–H groups in total. The first kappa shape index (κ1) is 7.56. The number of ether oxygens (including phenoxy) is 1. The second kappa shape index (κ2) is 3.11. The lowest BCUT2D eigenvalue weighted by Crippen LogP contribution is -2.32. The van der Waals surface area contributed by atoms with E-state index in [0.29, 0.717) is 6.23 Å². The molecule has 0 radical (unpaired) electrons. The molecule has 0 aliphatic carbocycles. The van der Waals surface area contributed by atoms with Crippen molar-refractivity contribution >= 4 is 0 Å². The van der Waals surface area contributed by atoms with Crippen LogP contribution in [-0.2, 0) is 4.74 Å². The predicted octanol–water partition coefficient (Wildman–Crippen LogP) is 1.46. The summed E-state index contributed by atoms with van der Waals surface area (Å²) in [5.74, 6) is 0.888. The van der Waals surface area contributed by atoms with Gasteiger partial charge >= 0.3 is 0 Å². The van der Waals surface area contributed by atoms with Crippen LogP contribution in [0.5, 0.6) is 0 Å². The normalized spacial score (nSPS) is 40.1. The molecule has 2 rings (SSSR count). The van der Waals surface area contributed by atoms with E-state index in [1.165, 1.54) is 32.4 Å². The molecule has 0 aromatic carbocycles. The van der Waals surface area contributed by atoms with E-state index < -0.39 is 0 Å². The average molecular weight is 155 g/mol. The maximum absolute atomic E-state index is 5.61. The van der Waals surface area contributed by atoms with E-state index in [2.05, 4.69) is 11.8 Å². The Labute approximate surface area is 68.5 Å². The maximum atomic E-state index is 5.61. The molecule has 2 aliphatic heterocycles. The molecule has 0 amide bonds. The van der Waals surface area contributed by atoms with Crippen molar-refractivity contribution in [3.05, 3.63) is 0 Å². The zero-order chi connectivity index (χ0) is 7.68. The van der Waals surface area contributed by atoms with Gasteiger partial charge in [-0.2, -0.15) is 0 Å². The molecule has 2 aliphatic rings. The first-order valence-corrected chi connectivity index (χ1v) is 4.72. The minimum Gasteiger partial charge on any atom is -0.363 e. The van der Waals surface area contributed by atoms with Crippen LogP contribution in [0.3, 0.4) is 0 Å². The molecule has 2 saturated heterocycles. The Bertz CT molecular complexity index is 132. The molecule has 2 heterocycles. The van der Waals surface area contributed by atoms with E-state index in [9.17, 15) is 0 Å². The summed E-state index contributed by atoms with van der Waals surface area (Å²) in [7, 11) is 0. The largest absolute Gasteiger partial charge is 0.363 e. The zero-order valence-electron chi connectivity index (χ0n) is 7.25. The van der Waals surface area contributed by atoms with Gasteiger partial charge in [0.05, 0.1) is 0 Å². The summed E-state index contributed by atoms with van der Waals surface area (Å²) in [5, 5.41) is 0. The van der Waals surface area contributed by atoms with Crippen LogP contribution >= 0.6 is 0 Å². The molecule has 11 heavy (non-hydrogen) atoms. The van der Waals surface area contributed by atoms with Crippen LogP contribution in [0, 0.1) is 5.92 Å². The molecule has 0 aromatic rings. The van der Waals surface area contributed by atoms with Crippen molar-refractivity contribution in [2.75, 3.05) is 19.7 Å². The van der Waals surface area contributed by atoms with E-state index in [4.69, 9.17) is 4.74 Å². The highest BCUT2D eigenvalue weighted by Gasteiger charge is 2.28. The minimum absolute atomic E-state index is 0.472. The molecular formula is C9H17NO.